The summed E-state index contributed by atoms with van der Waals surface area (Å²) >= 11 is 0. The molecule has 0 aliphatic heterocycles. The maximum atomic E-state index is 2.58. The average molecular weight is 822 g/mol. The summed E-state index contributed by atoms with van der Waals surface area (Å²) in [5.74, 6) is 0.320. The zero-order valence-electron chi connectivity index (χ0n) is 37.1. The molecule has 3 aliphatic rings. The van der Waals surface area contributed by atoms with Crippen molar-refractivity contribution in [2.75, 3.05) is 4.90 Å². The molecular formula is C63H51N. The van der Waals surface area contributed by atoms with Crippen molar-refractivity contribution in [2.45, 2.75) is 57.3 Å². The zero-order valence-corrected chi connectivity index (χ0v) is 37.1. The molecule has 0 bridgehead atoms. The highest BCUT2D eigenvalue weighted by molar-refractivity contribution is 5.92. The van der Waals surface area contributed by atoms with Crippen LogP contribution in [0.5, 0.6) is 0 Å². The van der Waals surface area contributed by atoms with Gasteiger partial charge in [0.05, 0.1) is 5.69 Å². The van der Waals surface area contributed by atoms with E-state index in [1.165, 1.54) is 100 Å². The van der Waals surface area contributed by atoms with Crippen LogP contribution in [-0.4, -0.2) is 0 Å². The van der Waals surface area contributed by atoms with Gasteiger partial charge in [0, 0.05) is 28.1 Å². The molecule has 0 spiro atoms. The third-order valence-electron chi connectivity index (χ3n) is 14.9. The van der Waals surface area contributed by atoms with Crippen molar-refractivity contribution in [2.24, 2.45) is 0 Å². The summed E-state index contributed by atoms with van der Waals surface area (Å²) in [6.07, 6.45) is 2.12. The fourth-order valence-electron chi connectivity index (χ4n) is 11.7. The van der Waals surface area contributed by atoms with Crippen LogP contribution in [0, 0.1) is 0 Å². The molecule has 0 fully saturated rings. The second-order valence-corrected chi connectivity index (χ2v) is 19.2. The summed E-state index contributed by atoms with van der Waals surface area (Å²) in [7, 11) is 0. The van der Waals surface area contributed by atoms with Gasteiger partial charge in [-0.25, -0.2) is 0 Å². The normalized spacial score (nSPS) is 15.8. The molecule has 64 heavy (non-hydrogen) atoms. The van der Waals surface area contributed by atoms with E-state index in [4.69, 9.17) is 0 Å². The first-order chi connectivity index (χ1) is 31.3. The maximum Gasteiger partial charge on any atom is 0.0508 e. The van der Waals surface area contributed by atoms with Crippen LogP contribution in [-0.2, 0) is 17.3 Å². The minimum Gasteiger partial charge on any atom is -0.310 e. The Hall–Kier alpha value is -7.22. The van der Waals surface area contributed by atoms with Crippen LogP contribution >= 0.6 is 0 Å². The third kappa shape index (κ3) is 5.98. The topological polar surface area (TPSA) is 3.24 Å². The first kappa shape index (κ1) is 38.5. The lowest BCUT2D eigenvalue weighted by molar-refractivity contribution is 0.655. The van der Waals surface area contributed by atoms with Gasteiger partial charge >= 0.3 is 0 Å². The van der Waals surface area contributed by atoms with Crippen LogP contribution < -0.4 is 4.90 Å². The van der Waals surface area contributed by atoms with Crippen molar-refractivity contribution < 1.29 is 0 Å². The number of rotatable bonds is 6. The Morgan fingerprint density at radius 1 is 0.391 bits per heavy atom. The van der Waals surface area contributed by atoms with E-state index in [9.17, 15) is 0 Å². The monoisotopic (exact) mass is 821 g/mol. The Bertz CT molecular complexity index is 3240. The largest absolute Gasteiger partial charge is 0.310 e. The van der Waals surface area contributed by atoms with Gasteiger partial charge in [0.2, 0.25) is 0 Å². The van der Waals surface area contributed by atoms with Gasteiger partial charge in [0.25, 0.3) is 0 Å². The molecule has 308 valence electrons. The van der Waals surface area contributed by atoms with E-state index in [1.54, 1.807) is 0 Å². The first-order valence-electron chi connectivity index (χ1n) is 23.0. The summed E-state index contributed by atoms with van der Waals surface area (Å²) in [4.78, 5) is 2.47. The highest BCUT2D eigenvalue weighted by Crippen LogP contribution is 2.56. The third-order valence-corrected chi connectivity index (χ3v) is 14.9. The van der Waals surface area contributed by atoms with Gasteiger partial charge in [0.15, 0.2) is 0 Å². The van der Waals surface area contributed by atoms with Crippen molar-refractivity contribution in [3.05, 3.63) is 245 Å². The molecule has 0 heterocycles. The highest BCUT2D eigenvalue weighted by Gasteiger charge is 2.40. The molecule has 0 N–H and O–H groups in total. The molecular weight excluding hydrogens is 771 g/mol. The molecule has 9 aromatic carbocycles. The van der Waals surface area contributed by atoms with Crippen molar-refractivity contribution >= 4 is 17.1 Å². The minimum atomic E-state index is -0.166. The molecule has 9 aromatic rings. The van der Waals surface area contributed by atoms with Crippen molar-refractivity contribution in [1.29, 1.82) is 0 Å². The molecule has 1 atom stereocenters. The lowest BCUT2D eigenvalue weighted by Crippen LogP contribution is -2.20. The molecule has 1 unspecified atom stereocenters. The van der Waals surface area contributed by atoms with Crippen molar-refractivity contribution in [1.82, 2.24) is 0 Å². The smallest absolute Gasteiger partial charge is 0.0508 e. The Kier molecular flexibility index (Phi) is 8.82. The second kappa shape index (κ2) is 14.7. The summed E-state index contributed by atoms with van der Waals surface area (Å²) in [6.45, 7) is 9.57. The molecule has 0 saturated heterocycles. The van der Waals surface area contributed by atoms with E-state index in [0.717, 1.165) is 24.2 Å². The van der Waals surface area contributed by atoms with Crippen LogP contribution in [0.2, 0.25) is 0 Å². The van der Waals surface area contributed by atoms with Gasteiger partial charge in [-0.1, -0.05) is 191 Å². The van der Waals surface area contributed by atoms with E-state index >= 15 is 0 Å². The highest BCUT2D eigenvalue weighted by atomic mass is 15.1. The van der Waals surface area contributed by atoms with E-state index in [-0.39, 0.29) is 10.8 Å². The minimum absolute atomic E-state index is 0.0572. The maximum absolute atomic E-state index is 2.58. The van der Waals surface area contributed by atoms with Gasteiger partial charge < -0.3 is 4.90 Å². The molecule has 0 aromatic heterocycles. The Labute approximate surface area is 378 Å². The zero-order chi connectivity index (χ0) is 43.2. The van der Waals surface area contributed by atoms with Crippen LogP contribution in [0.25, 0.3) is 55.6 Å². The van der Waals surface area contributed by atoms with Gasteiger partial charge in [-0.2, -0.15) is 0 Å². The molecule has 1 heteroatoms. The SMILES string of the molecule is CC1(C)c2ccccc2-c2cc3c(cc21)C(c1ccccc1)CCc1ccc(-c2ccc(N(c4ccc(-c5ccccc5)cc4)c4cccc5c4C(C)(C)c4ccccc4-5)cc2)cc1-3. The number of benzene rings is 9. The standard InChI is InChI=1S/C63H51N/c1-62(2)57-23-13-12-21-51(57)56-39-54-53-38-46(27-26-45(53)32-37-49(55(54)40-59(56)62)44-18-9-6-10-19-44)43-30-35-48(36-31-43)64(47-33-28-42(29-34-47)41-16-7-5-8-17-41)60-25-15-22-52-50-20-11-14-24-58(50)63(3,4)61(52)60/h5-31,33-36,38-40,49H,32,37H2,1-4H3. The van der Waals surface area contributed by atoms with Gasteiger partial charge in [-0.3, -0.25) is 0 Å². The van der Waals surface area contributed by atoms with E-state index in [0.29, 0.717) is 5.92 Å². The molecule has 12 rings (SSSR count). The van der Waals surface area contributed by atoms with Crippen LogP contribution in [0.1, 0.15) is 79.0 Å². The fourth-order valence-corrected chi connectivity index (χ4v) is 11.7. The predicted octanol–water partition coefficient (Wildman–Crippen LogP) is 16.8. The molecule has 1 nitrogen and oxygen atoms in total. The summed E-state index contributed by atoms with van der Waals surface area (Å²) in [5.41, 5.74) is 26.2. The Balaban J connectivity index is 0.979. The quantitative estimate of drug-likeness (QED) is 0.161. The summed E-state index contributed by atoms with van der Waals surface area (Å²) in [6, 6.07) is 77.5. The van der Waals surface area contributed by atoms with Crippen LogP contribution in [0.3, 0.4) is 0 Å². The Morgan fingerprint density at radius 3 is 1.62 bits per heavy atom. The van der Waals surface area contributed by atoms with Gasteiger partial charge in [-0.05, 0) is 150 Å². The molecule has 0 amide bonds. The summed E-state index contributed by atoms with van der Waals surface area (Å²) in [5, 5.41) is 0. The molecule has 3 aliphatic carbocycles. The first-order valence-corrected chi connectivity index (χ1v) is 23.0. The number of nitrogens with zero attached hydrogens (tertiary/aromatic N) is 1. The lowest BCUT2D eigenvalue weighted by atomic mass is 9.78. The Morgan fingerprint density at radius 2 is 0.938 bits per heavy atom. The van der Waals surface area contributed by atoms with Gasteiger partial charge in [-0.15, -0.1) is 0 Å². The summed E-state index contributed by atoms with van der Waals surface area (Å²) < 4.78 is 0. The number of hydrogen-bond acceptors (Lipinski definition) is 1. The lowest BCUT2D eigenvalue weighted by Gasteiger charge is -2.32. The predicted molar refractivity (Wildman–Crippen MR) is 269 cm³/mol. The van der Waals surface area contributed by atoms with Crippen LogP contribution in [0.15, 0.2) is 206 Å². The number of anilines is 3. The van der Waals surface area contributed by atoms with E-state index in [1.807, 2.05) is 0 Å². The van der Waals surface area contributed by atoms with E-state index in [2.05, 4.69) is 239 Å². The molecule has 0 radical (unpaired) electrons. The molecule has 0 saturated carbocycles. The average Bonchev–Trinajstić information content (AvgIpc) is 3.63. The fraction of sp³-hybridized carbons (Fsp3) is 0.143. The van der Waals surface area contributed by atoms with Gasteiger partial charge in [0.1, 0.15) is 0 Å². The second-order valence-electron chi connectivity index (χ2n) is 19.2. The number of fused-ring (bicyclic) bond motifs is 9. The van der Waals surface area contributed by atoms with Crippen LogP contribution in [0.4, 0.5) is 17.1 Å². The number of aryl methyl sites for hydroxylation is 1. The van der Waals surface area contributed by atoms with E-state index < -0.39 is 0 Å². The van der Waals surface area contributed by atoms with Crippen molar-refractivity contribution in [3.63, 3.8) is 0 Å². The number of hydrogen-bond donors (Lipinski definition) is 0. The van der Waals surface area contributed by atoms with Crippen molar-refractivity contribution in [3.8, 4) is 55.6 Å².